The summed E-state index contributed by atoms with van der Waals surface area (Å²) < 4.78 is 142. The summed E-state index contributed by atoms with van der Waals surface area (Å²) in [7, 11) is 0. The molecule has 0 saturated carbocycles. The summed E-state index contributed by atoms with van der Waals surface area (Å²) >= 11 is 0. The number of halogens is 10. The molecule has 1 nitrogen and oxygen atoms in total. The van der Waals surface area contributed by atoms with Gasteiger partial charge in [-0.25, -0.2) is 43.9 Å². The molecule has 0 spiro atoms. The van der Waals surface area contributed by atoms with Crippen LogP contribution in [0, 0.1) is 58.2 Å². The molecule has 3 rings (SSSR count). The third-order valence-corrected chi connectivity index (χ3v) is 7.48. The maximum atomic E-state index is 14.7. The summed E-state index contributed by atoms with van der Waals surface area (Å²) in [6.07, 6.45) is 1.84. The molecule has 0 N–H and O–H groups in total. The minimum Gasteiger partial charge on any atom is -0.293 e. The Labute approximate surface area is 202 Å². The zero-order valence-electron chi connectivity index (χ0n) is 20.2. The van der Waals surface area contributed by atoms with E-state index in [1.54, 1.807) is 0 Å². The van der Waals surface area contributed by atoms with E-state index in [1.807, 2.05) is 27.7 Å². The fourth-order valence-electron chi connectivity index (χ4n) is 5.75. The van der Waals surface area contributed by atoms with E-state index >= 15 is 0 Å². The molecular weight excluding hydrogens is 503 g/mol. The minimum absolute atomic E-state index is 0.0775. The summed E-state index contributed by atoms with van der Waals surface area (Å²) in [4.78, 5) is 2.05. The van der Waals surface area contributed by atoms with Crippen molar-refractivity contribution >= 4 is 17.6 Å². The standard InChI is InChI=1S/C24H25BF10N/c1-23(2)7-5-8-24(3,4)36(23)10-6-9-25(11-13(26)17(30)21(34)18(31)14(11)27)12-15(28)19(32)22(35)20(33)16(12)29/h25H,5-10H2,1-4H3/q-1. The van der Waals surface area contributed by atoms with E-state index in [0.717, 1.165) is 19.3 Å². The highest BCUT2D eigenvalue weighted by molar-refractivity contribution is 6.85. The van der Waals surface area contributed by atoms with Gasteiger partial charge in [-0.15, -0.1) is 10.9 Å². The molecule has 12 heteroatoms. The van der Waals surface area contributed by atoms with Crippen LogP contribution >= 0.6 is 0 Å². The van der Waals surface area contributed by atoms with Gasteiger partial charge >= 0.3 is 0 Å². The van der Waals surface area contributed by atoms with Crippen molar-refractivity contribution in [2.45, 2.75) is 70.8 Å². The summed E-state index contributed by atoms with van der Waals surface area (Å²) in [5, 5.41) is 0. The lowest BCUT2D eigenvalue weighted by molar-refractivity contribution is -0.0263. The van der Waals surface area contributed by atoms with Crippen molar-refractivity contribution in [2.75, 3.05) is 6.54 Å². The normalized spacial score (nSPS) is 17.8. The first-order valence-corrected chi connectivity index (χ1v) is 11.6. The molecule has 0 radical (unpaired) electrons. The zero-order chi connectivity index (χ0) is 27.3. The molecule has 1 aliphatic rings. The van der Waals surface area contributed by atoms with Gasteiger partial charge in [-0.2, -0.15) is 6.32 Å². The number of piperidine rings is 1. The molecular formula is C24H25BF10N-. The van der Waals surface area contributed by atoms with Crippen molar-refractivity contribution in [3.8, 4) is 0 Å². The van der Waals surface area contributed by atoms with E-state index in [4.69, 9.17) is 0 Å². The van der Waals surface area contributed by atoms with Crippen molar-refractivity contribution in [1.29, 1.82) is 0 Å². The second-order valence-corrected chi connectivity index (χ2v) is 10.6. The van der Waals surface area contributed by atoms with E-state index in [1.165, 1.54) is 0 Å². The Morgan fingerprint density at radius 2 is 0.861 bits per heavy atom. The van der Waals surface area contributed by atoms with Gasteiger partial charge < -0.3 is 0 Å². The van der Waals surface area contributed by atoms with Gasteiger partial charge in [-0.3, -0.25) is 4.90 Å². The Kier molecular flexibility index (Phi) is 7.80. The molecule has 2 aromatic rings. The highest BCUT2D eigenvalue weighted by Gasteiger charge is 2.41. The van der Waals surface area contributed by atoms with E-state index in [-0.39, 0.29) is 24.0 Å². The summed E-state index contributed by atoms with van der Waals surface area (Å²) in [5.41, 5.74) is -3.85. The van der Waals surface area contributed by atoms with Gasteiger partial charge in [-0.05, 0) is 53.5 Å². The second-order valence-electron chi connectivity index (χ2n) is 10.6. The highest BCUT2D eigenvalue weighted by atomic mass is 19.2. The Morgan fingerprint density at radius 3 is 1.19 bits per heavy atom. The summed E-state index contributed by atoms with van der Waals surface area (Å²) in [6, 6.07) is 0. The quantitative estimate of drug-likeness (QED) is 0.197. The second kappa shape index (κ2) is 9.91. The molecule has 0 atom stereocenters. The first-order valence-electron chi connectivity index (χ1n) is 11.6. The summed E-state index contributed by atoms with van der Waals surface area (Å²) in [5.74, 6) is -24.0. The molecule has 0 bridgehead atoms. The molecule has 2 aromatic carbocycles. The predicted molar refractivity (Wildman–Crippen MR) is 117 cm³/mol. The molecule has 1 heterocycles. The van der Waals surface area contributed by atoms with Crippen molar-refractivity contribution in [2.24, 2.45) is 0 Å². The Bertz CT molecular complexity index is 1040. The SMILES string of the molecule is CC1(C)CCCC(C)(C)N1CCC[BH-](c1c(F)c(F)c(F)c(F)c1F)c1c(F)c(F)c(F)c(F)c1F. The Morgan fingerprint density at radius 1 is 0.556 bits per heavy atom. The van der Waals surface area contributed by atoms with E-state index in [0.29, 0.717) is 0 Å². The van der Waals surface area contributed by atoms with E-state index in [2.05, 4.69) is 4.90 Å². The summed E-state index contributed by atoms with van der Waals surface area (Å²) in [6.45, 7) is 4.51. The molecule has 0 aliphatic carbocycles. The van der Waals surface area contributed by atoms with Crippen LogP contribution in [0.3, 0.4) is 0 Å². The fraction of sp³-hybridized carbons (Fsp3) is 0.500. The number of hydrogen-bond donors (Lipinski definition) is 0. The number of likely N-dealkylation sites (tertiary alicyclic amines) is 1. The van der Waals surface area contributed by atoms with Crippen LogP contribution in [0.5, 0.6) is 0 Å². The third-order valence-electron chi connectivity index (χ3n) is 7.48. The minimum atomic E-state index is -3.48. The predicted octanol–water partition coefficient (Wildman–Crippen LogP) is 5.85. The van der Waals surface area contributed by atoms with Crippen LogP contribution in [0.2, 0.25) is 6.32 Å². The zero-order valence-corrected chi connectivity index (χ0v) is 20.2. The number of hydrogen-bond acceptors (Lipinski definition) is 1. The van der Waals surface area contributed by atoms with Gasteiger partial charge in [0.15, 0.2) is 34.9 Å². The van der Waals surface area contributed by atoms with Crippen molar-refractivity contribution in [3.05, 3.63) is 58.2 Å². The van der Waals surface area contributed by atoms with Crippen molar-refractivity contribution in [1.82, 2.24) is 4.90 Å². The smallest absolute Gasteiger partial charge is 0.200 e. The fourth-order valence-corrected chi connectivity index (χ4v) is 5.75. The monoisotopic (exact) mass is 528 g/mol. The number of benzene rings is 2. The number of rotatable bonds is 6. The lowest BCUT2D eigenvalue weighted by atomic mass is 9.37. The average Bonchev–Trinajstić information content (AvgIpc) is 2.80. The van der Waals surface area contributed by atoms with Crippen molar-refractivity contribution < 1.29 is 43.9 Å². The van der Waals surface area contributed by atoms with Crippen LogP contribution in [0.1, 0.15) is 53.4 Å². The topological polar surface area (TPSA) is 3.24 Å². The average molecular weight is 528 g/mol. The largest absolute Gasteiger partial charge is 0.293 e. The van der Waals surface area contributed by atoms with E-state index < -0.39 is 82.1 Å². The van der Waals surface area contributed by atoms with Crippen molar-refractivity contribution in [3.63, 3.8) is 0 Å². The van der Waals surface area contributed by atoms with Crippen LogP contribution in [-0.4, -0.2) is 29.2 Å². The number of nitrogens with zero attached hydrogens (tertiary/aromatic N) is 1. The maximum Gasteiger partial charge on any atom is 0.200 e. The lowest BCUT2D eigenvalue weighted by Crippen LogP contribution is -2.59. The van der Waals surface area contributed by atoms with Gasteiger partial charge in [0.05, 0.1) is 6.71 Å². The first kappa shape index (κ1) is 28.3. The van der Waals surface area contributed by atoms with Crippen LogP contribution in [0.25, 0.3) is 0 Å². The molecule has 0 unspecified atom stereocenters. The third kappa shape index (κ3) is 4.73. The van der Waals surface area contributed by atoms with Gasteiger partial charge in [0.2, 0.25) is 0 Å². The molecule has 200 valence electrons. The van der Waals surface area contributed by atoms with Crippen LogP contribution in [-0.2, 0) is 0 Å². The molecule has 1 fully saturated rings. The van der Waals surface area contributed by atoms with Gasteiger partial charge in [0.1, 0.15) is 23.3 Å². The Balaban J connectivity index is 2.14. The molecule has 1 aliphatic heterocycles. The lowest BCUT2D eigenvalue weighted by Gasteiger charge is -2.53. The first-order chi connectivity index (χ1) is 16.5. The highest BCUT2D eigenvalue weighted by Crippen LogP contribution is 2.38. The van der Waals surface area contributed by atoms with Gasteiger partial charge in [0, 0.05) is 11.1 Å². The van der Waals surface area contributed by atoms with Crippen LogP contribution in [0.15, 0.2) is 0 Å². The molecule has 0 aromatic heterocycles. The Hall–Kier alpha value is -2.24. The maximum absolute atomic E-state index is 14.7. The molecule has 1 saturated heterocycles. The van der Waals surface area contributed by atoms with E-state index in [9.17, 15) is 43.9 Å². The van der Waals surface area contributed by atoms with Gasteiger partial charge in [0.25, 0.3) is 0 Å². The van der Waals surface area contributed by atoms with Gasteiger partial charge in [-0.1, -0.05) is 6.42 Å². The molecule has 0 amide bonds. The van der Waals surface area contributed by atoms with Crippen LogP contribution < -0.4 is 10.9 Å². The molecule has 36 heavy (non-hydrogen) atoms. The van der Waals surface area contributed by atoms with Crippen LogP contribution in [0.4, 0.5) is 43.9 Å².